The van der Waals surface area contributed by atoms with E-state index in [1.165, 1.54) is 0 Å². The summed E-state index contributed by atoms with van der Waals surface area (Å²) in [7, 11) is 0. The van der Waals surface area contributed by atoms with Crippen molar-refractivity contribution in [1.82, 2.24) is 0 Å². The van der Waals surface area contributed by atoms with E-state index in [9.17, 15) is 0 Å². The number of rotatable bonds is 4. The van der Waals surface area contributed by atoms with Gasteiger partial charge in [0, 0.05) is 19.5 Å². The first-order chi connectivity index (χ1) is 9.52. The highest BCUT2D eigenvalue weighted by Crippen LogP contribution is 2.40. The molecule has 0 fully saturated rings. The number of benzene rings is 2. The lowest BCUT2D eigenvalue weighted by Gasteiger charge is -2.17. The zero-order valence-corrected chi connectivity index (χ0v) is 15.4. The maximum absolute atomic E-state index is 6.62. The Bertz CT molecular complexity index is 617. The molecule has 0 aliphatic heterocycles. The molecule has 0 saturated heterocycles. The summed E-state index contributed by atoms with van der Waals surface area (Å²) in [5.74, 6) is 0.770. The van der Waals surface area contributed by atoms with Crippen LogP contribution in [0.1, 0.15) is 23.4 Å². The van der Waals surface area contributed by atoms with Crippen molar-refractivity contribution < 1.29 is 4.74 Å². The van der Waals surface area contributed by atoms with E-state index in [0.29, 0.717) is 11.6 Å². The van der Waals surface area contributed by atoms with Gasteiger partial charge in [0.05, 0.1) is 12.0 Å². The molecule has 2 aromatic rings. The van der Waals surface area contributed by atoms with E-state index in [2.05, 4.69) is 31.9 Å². The van der Waals surface area contributed by atoms with Gasteiger partial charge in [-0.2, -0.15) is 0 Å². The second-order valence-electron chi connectivity index (χ2n) is 4.14. The van der Waals surface area contributed by atoms with Gasteiger partial charge in [0.15, 0.2) is 0 Å². The van der Waals surface area contributed by atoms with Crippen LogP contribution in [0.3, 0.4) is 0 Å². The van der Waals surface area contributed by atoms with Crippen LogP contribution in [-0.2, 0) is 0 Å². The molecule has 2 aromatic carbocycles. The van der Waals surface area contributed by atoms with E-state index < -0.39 is 0 Å². The van der Waals surface area contributed by atoms with Crippen LogP contribution in [0.4, 0.5) is 0 Å². The number of ether oxygens (including phenoxy) is 1. The molecule has 0 N–H and O–H groups in total. The highest BCUT2D eigenvalue weighted by molar-refractivity contribution is 9.10. The Morgan fingerprint density at radius 3 is 2.30 bits per heavy atom. The Morgan fingerprint density at radius 2 is 1.65 bits per heavy atom. The van der Waals surface area contributed by atoms with Crippen LogP contribution in [0.25, 0.3) is 0 Å². The van der Waals surface area contributed by atoms with Gasteiger partial charge < -0.3 is 4.74 Å². The molecule has 5 heteroatoms. The Hall–Kier alpha value is -0.220. The minimum Gasteiger partial charge on any atom is -0.494 e. The third-order valence-electron chi connectivity index (χ3n) is 2.78. The lowest BCUT2D eigenvalue weighted by molar-refractivity contribution is 0.337. The van der Waals surface area contributed by atoms with Crippen molar-refractivity contribution >= 4 is 55.1 Å². The van der Waals surface area contributed by atoms with Gasteiger partial charge >= 0.3 is 0 Å². The fourth-order valence-corrected chi connectivity index (χ4v) is 3.27. The molecule has 1 unspecified atom stereocenters. The quantitative estimate of drug-likeness (QED) is 0.489. The molecule has 0 spiro atoms. The Kier molecular flexibility index (Phi) is 5.79. The van der Waals surface area contributed by atoms with E-state index in [0.717, 1.165) is 25.8 Å². The fraction of sp³-hybridized carbons (Fsp3) is 0.200. The summed E-state index contributed by atoms with van der Waals surface area (Å²) in [4.78, 5) is 0. The summed E-state index contributed by atoms with van der Waals surface area (Å²) in [6.45, 7) is 2.53. The van der Waals surface area contributed by atoms with Crippen molar-refractivity contribution in [2.24, 2.45) is 0 Å². The zero-order valence-electron chi connectivity index (χ0n) is 10.7. The molecule has 0 heterocycles. The normalized spacial score (nSPS) is 12.2. The summed E-state index contributed by atoms with van der Waals surface area (Å²) < 4.78 is 7.54. The summed E-state index contributed by atoms with van der Waals surface area (Å²) in [5, 5.41) is 0.259. The van der Waals surface area contributed by atoms with Crippen molar-refractivity contribution in [3.05, 3.63) is 61.5 Å². The second-order valence-corrected chi connectivity index (χ2v) is 6.82. The first kappa shape index (κ1) is 16.2. The minimum absolute atomic E-state index is 0.376. The molecule has 106 valence electrons. The number of hydrogen-bond acceptors (Lipinski definition) is 1. The third-order valence-corrected chi connectivity index (χ3v) is 4.58. The van der Waals surface area contributed by atoms with Crippen LogP contribution >= 0.6 is 55.1 Å². The van der Waals surface area contributed by atoms with Crippen molar-refractivity contribution in [3.63, 3.8) is 0 Å². The van der Waals surface area contributed by atoms with Crippen LogP contribution in [0, 0.1) is 0 Å². The average molecular weight is 439 g/mol. The van der Waals surface area contributed by atoms with E-state index in [1.54, 1.807) is 0 Å². The van der Waals surface area contributed by atoms with Gasteiger partial charge in [-0.05, 0) is 48.9 Å². The molecule has 1 nitrogen and oxygen atoms in total. The highest BCUT2D eigenvalue weighted by atomic mass is 79.9. The molecule has 0 aromatic heterocycles. The molecule has 0 bridgehead atoms. The van der Waals surface area contributed by atoms with E-state index in [1.807, 2.05) is 43.3 Å². The average Bonchev–Trinajstić information content (AvgIpc) is 2.43. The van der Waals surface area contributed by atoms with Gasteiger partial charge in [-0.1, -0.05) is 43.5 Å². The SMILES string of the molecule is CCOc1ccc(Br)cc1C(Cl)c1cc(Br)ccc1Cl. The fourth-order valence-electron chi connectivity index (χ4n) is 1.88. The maximum atomic E-state index is 6.62. The molecule has 0 aliphatic carbocycles. The smallest absolute Gasteiger partial charge is 0.124 e. The topological polar surface area (TPSA) is 9.23 Å². The number of alkyl halides is 1. The summed E-state index contributed by atoms with van der Waals surface area (Å²) in [6.07, 6.45) is 0. The lowest BCUT2D eigenvalue weighted by Crippen LogP contribution is -2.01. The van der Waals surface area contributed by atoms with Gasteiger partial charge in [0.25, 0.3) is 0 Å². The van der Waals surface area contributed by atoms with Gasteiger partial charge in [-0.15, -0.1) is 11.6 Å². The minimum atomic E-state index is -0.376. The second kappa shape index (κ2) is 7.17. The van der Waals surface area contributed by atoms with Gasteiger partial charge in [0.2, 0.25) is 0 Å². The molecule has 20 heavy (non-hydrogen) atoms. The molecular formula is C15H12Br2Cl2O. The van der Waals surface area contributed by atoms with Crippen molar-refractivity contribution in [1.29, 1.82) is 0 Å². The van der Waals surface area contributed by atoms with Gasteiger partial charge in [-0.3, -0.25) is 0 Å². The Labute approximate surface area is 145 Å². The molecule has 0 radical (unpaired) electrons. The summed E-state index contributed by atoms with van der Waals surface area (Å²) in [6, 6.07) is 11.4. The summed E-state index contributed by atoms with van der Waals surface area (Å²) >= 11 is 19.8. The molecular weight excluding hydrogens is 427 g/mol. The van der Waals surface area contributed by atoms with E-state index in [-0.39, 0.29) is 5.38 Å². The van der Waals surface area contributed by atoms with Crippen LogP contribution in [0.15, 0.2) is 45.3 Å². The zero-order chi connectivity index (χ0) is 14.7. The van der Waals surface area contributed by atoms with Crippen molar-refractivity contribution in [3.8, 4) is 5.75 Å². The largest absolute Gasteiger partial charge is 0.494 e. The maximum Gasteiger partial charge on any atom is 0.124 e. The van der Waals surface area contributed by atoms with Crippen molar-refractivity contribution in [2.45, 2.75) is 12.3 Å². The molecule has 1 atom stereocenters. The number of hydrogen-bond donors (Lipinski definition) is 0. The monoisotopic (exact) mass is 436 g/mol. The van der Waals surface area contributed by atoms with Crippen molar-refractivity contribution in [2.75, 3.05) is 6.61 Å². The first-order valence-electron chi connectivity index (χ1n) is 6.04. The highest BCUT2D eigenvalue weighted by Gasteiger charge is 2.19. The van der Waals surface area contributed by atoms with Crippen LogP contribution in [-0.4, -0.2) is 6.61 Å². The molecule has 2 rings (SSSR count). The molecule has 0 aliphatic rings. The predicted octanol–water partition coefficient (Wildman–Crippen LogP) is 6.59. The number of halogens is 4. The van der Waals surface area contributed by atoms with E-state index in [4.69, 9.17) is 27.9 Å². The van der Waals surface area contributed by atoms with Crippen LogP contribution in [0.5, 0.6) is 5.75 Å². The van der Waals surface area contributed by atoms with Crippen LogP contribution < -0.4 is 4.74 Å². The third kappa shape index (κ3) is 3.70. The molecule has 0 saturated carbocycles. The Balaban J connectivity index is 2.49. The Morgan fingerprint density at radius 1 is 1.05 bits per heavy atom. The van der Waals surface area contributed by atoms with Gasteiger partial charge in [0.1, 0.15) is 5.75 Å². The predicted molar refractivity (Wildman–Crippen MR) is 92.2 cm³/mol. The molecule has 0 amide bonds. The lowest BCUT2D eigenvalue weighted by atomic mass is 10.0. The first-order valence-corrected chi connectivity index (χ1v) is 8.44. The standard InChI is InChI=1S/C15H12Br2Cl2O/c1-2-20-14-6-4-10(17)8-12(14)15(19)11-7-9(16)3-5-13(11)18/h3-8,15H,2H2,1H3. The van der Waals surface area contributed by atoms with Gasteiger partial charge in [-0.25, -0.2) is 0 Å². The van der Waals surface area contributed by atoms with Crippen LogP contribution in [0.2, 0.25) is 5.02 Å². The summed E-state index contributed by atoms with van der Waals surface area (Å²) in [5.41, 5.74) is 1.74. The van der Waals surface area contributed by atoms with E-state index >= 15 is 0 Å².